The Labute approximate surface area is 138 Å². The smallest absolute Gasteiger partial charge is 0.251 e. The topological polar surface area (TPSA) is 95.3 Å². The minimum atomic E-state index is -0.617. The van der Waals surface area contributed by atoms with Gasteiger partial charge in [0, 0.05) is 29.1 Å². The molecule has 1 amide bonds. The molecule has 1 atom stereocenters. The van der Waals surface area contributed by atoms with Gasteiger partial charge in [-0.05, 0) is 30.3 Å². The number of carbonyl (C=O) groups excluding carboxylic acids is 2. The fourth-order valence-electron chi connectivity index (χ4n) is 2.34. The van der Waals surface area contributed by atoms with Crippen molar-refractivity contribution in [3.63, 3.8) is 0 Å². The molecule has 0 aliphatic heterocycles. The number of aliphatic hydroxyl groups is 1. The summed E-state index contributed by atoms with van der Waals surface area (Å²) in [6.45, 7) is -0.274. The molecule has 0 radical (unpaired) electrons. The van der Waals surface area contributed by atoms with Gasteiger partial charge < -0.3 is 19.8 Å². The molecule has 6 heteroatoms. The number of ketones is 1. The van der Waals surface area contributed by atoms with Gasteiger partial charge in [-0.15, -0.1) is 0 Å². The Morgan fingerprint density at radius 1 is 1.08 bits per heavy atom. The van der Waals surface area contributed by atoms with E-state index in [1.165, 1.54) is 6.26 Å². The van der Waals surface area contributed by atoms with Gasteiger partial charge in [-0.3, -0.25) is 9.59 Å². The molecule has 0 fully saturated rings. The molecule has 0 aliphatic rings. The van der Waals surface area contributed by atoms with Crippen LogP contribution in [0, 0.1) is 0 Å². The van der Waals surface area contributed by atoms with Crippen LogP contribution < -0.4 is 5.32 Å². The first-order valence-electron chi connectivity index (χ1n) is 7.41. The third-order valence-corrected chi connectivity index (χ3v) is 3.64. The van der Waals surface area contributed by atoms with Crippen LogP contribution in [-0.4, -0.2) is 28.4 Å². The van der Waals surface area contributed by atoms with Crippen LogP contribution in [0.15, 0.2) is 65.5 Å². The molecule has 24 heavy (non-hydrogen) atoms. The Kier molecular flexibility index (Phi) is 4.58. The maximum atomic E-state index is 12.3. The van der Waals surface area contributed by atoms with Crippen LogP contribution in [0.2, 0.25) is 0 Å². The quantitative estimate of drug-likeness (QED) is 0.606. The van der Waals surface area contributed by atoms with E-state index in [1.54, 1.807) is 54.9 Å². The number of aromatic nitrogens is 1. The van der Waals surface area contributed by atoms with E-state index in [0.29, 0.717) is 22.5 Å². The predicted molar refractivity (Wildman–Crippen MR) is 86.7 cm³/mol. The average molecular weight is 324 g/mol. The minimum absolute atomic E-state index is 0.118. The maximum absolute atomic E-state index is 12.3. The van der Waals surface area contributed by atoms with E-state index in [1.807, 2.05) is 0 Å². The Morgan fingerprint density at radius 3 is 2.42 bits per heavy atom. The van der Waals surface area contributed by atoms with Gasteiger partial charge in [0.15, 0.2) is 5.78 Å². The lowest BCUT2D eigenvalue weighted by Crippen LogP contribution is -2.30. The average Bonchev–Trinajstić information content (AvgIpc) is 3.32. The lowest BCUT2D eigenvalue weighted by atomic mass is 10.0. The number of aliphatic hydroxyl groups excluding tert-OH is 1. The summed E-state index contributed by atoms with van der Waals surface area (Å²) in [5.74, 6) is 0.00299. The van der Waals surface area contributed by atoms with Crippen molar-refractivity contribution in [3.05, 3.63) is 83.6 Å². The molecule has 1 aromatic carbocycles. The Hall–Kier alpha value is -3.12. The molecule has 3 rings (SSSR count). The largest absolute Gasteiger partial charge is 0.467 e. The van der Waals surface area contributed by atoms with E-state index in [2.05, 4.69) is 10.3 Å². The molecule has 3 aromatic rings. The van der Waals surface area contributed by atoms with Gasteiger partial charge in [0.25, 0.3) is 5.91 Å². The summed E-state index contributed by atoms with van der Waals surface area (Å²) in [5.41, 5.74) is 1.45. The molecule has 0 saturated heterocycles. The summed E-state index contributed by atoms with van der Waals surface area (Å²) in [6.07, 6.45) is 4.78. The van der Waals surface area contributed by atoms with Gasteiger partial charge in [0.2, 0.25) is 0 Å². The number of rotatable bonds is 6. The van der Waals surface area contributed by atoms with Crippen molar-refractivity contribution in [1.82, 2.24) is 10.3 Å². The number of benzene rings is 1. The monoisotopic (exact) mass is 324 g/mol. The van der Waals surface area contributed by atoms with Crippen molar-refractivity contribution in [1.29, 1.82) is 0 Å². The highest BCUT2D eigenvalue weighted by atomic mass is 16.3. The molecule has 2 heterocycles. The summed E-state index contributed by atoms with van der Waals surface area (Å²) >= 11 is 0. The van der Waals surface area contributed by atoms with Crippen molar-refractivity contribution < 1.29 is 19.1 Å². The van der Waals surface area contributed by atoms with Crippen molar-refractivity contribution >= 4 is 11.7 Å². The molecule has 0 bridgehead atoms. The molecule has 1 unspecified atom stereocenters. The van der Waals surface area contributed by atoms with Gasteiger partial charge in [0.05, 0.1) is 12.9 Å². The second kappa shape index (κ2) is 6.97. The first kappa shape index (κ1) is 15.8. The number of furan rings is 1. The highest BCUT2D eigenvalue weighted by molar-refractivity contribution is 6.09. The lowest BCUT2D eigenvalue weighted by molar-refractivity contribution is 0.0906. The Bertz CT molecular complexity index is 805. The summed E-state index contributed by atoms with van der Waals surface area (Å²) in [5, 5.41) is 12.1. The zero-order valence-corrected chi connectivity index (χ0v) is 12.7. The van der Waals surface area contributed by atoms with Crippen LogP contribution in [0.1, 0.15) is 38.1 Å². The van der Waals surface area contributed by atoms with E-state index in [0.717, 1.165) is 0 Å². The summed E-state index contributed by atoms with van der Waals surface area (Å²) in [7, 11) is 0. The maximum Gasteiger partial charge on any atom is 0.251 e. The molecule has 0 spiro atoms. The number of carbonyl (C=O) groups is 2. The standard InChI is InChI=1S/C18H16N2O4/c21-11-15(16-2-1-9-24-16)20-18(23)13-5-3-12(4-6-13)17(22)14-7-8-19-10-14/h1-10,15,19,21H,11H2,(H,20,23). The van der Waals surface area contributed by atoms with Gasteiger partial charge in [-0.1, -0.05) is 12.1 Å². The summed E-state index contributed by atoms with van der Waals surface area (Å²) < 4.78 is 5.19. The number of aromatic amines is 1. The van der Waals surface area contributed by atoms with Gasteiger partial charge in [0.1, 0.15) is 11.8 Å². The third-order valence-electron chi connectivity index (χ3n) is 3.64. The van der Waals surface area contributed by atoms with E-state index in [4.69, 9.17) is 4.42 Å². The third kappa shape index (κ3) is 3.28. The number of amides is 1. The molecule has 122 valence electrons. The molecular formula is C18H16N2O4. The zero-order chi connectivity index (χ0) is 16.9. The van der Waals surface area contributed by atoms with E-state index in [-0.39, 0.29) is 18.3 Å². The van der Waals surface area contributed by atoms with Crippen molar-refractivity contribution in [2.45, 2.75) is 6.04 Å². The molecule has 6 nitrogen and oxygen atoms in total. The second-order valence-corrected chi connectivity index (χ2v) is 5.23. The van der Waals surface area contributed by atoms with Crippen LogP contribution >= 0.6 is 0 Å². The summed E-state index contributed by atoms with van der Waals surface area (Å²) in [4.78, 5) is 27.3. The van der Waals surface area contributed by atoms with Gasteiger partial charge in [-0.25, -0.2) is 0 Å². The van der Waals surface area contributed by atoms with Crippen molar-refractivity contribution in [2.75, 3.05) is 6.61 Å². The highest BCUT2D eigenvalue weighted by Gasteiger charge is 2.17. The number of hydrogen-bond donors (Lipinski definition) is 3. The number of nitrogens with one attached hydrogen (secondary N) is 2. The van der Waals surface area contributed by atoms with Crippen LogP contribution in [0.4, 0.5) is 0 Å². The fraction of sp³-hybridized carbons (Fsp3) is 0.111. The zero-order valence-electron chi connectivity index (χ0n) is 12.7. The first-order chi connectivity index (χ1) is 11.7. The van der Waals surface area contributed by atoms with E-state index < -0.39 is 6.04 Å². The van der Waals surface area contributed by atoms with E-state index >= 15 is 0 Å². The fourth-order valence-corrected chi connectivity index (χ4v) is 2.34. The molecule has 0 saturated carbocycles. The Morgan fingerprint density at radius 2 is 1.83 bits per heavy atom. The lowest BCUT2D eigenvalue weighted by Gasteiger charge is -2.14. The first-order valence-corrected chi connectivity index (χ1v) is 7.41. The van der Waals surface area contributed by atoms with E-state index in [9.17, 15) is 14.7 Å². The molecule has 2 aromatic heterocycles. The van der Waals surface area contributed by atoms with Crippen LogP contribution in [-0.2, 0) is 0 Å². The van der Waals surface area contributed by atoms with Gasteiger partial charge in [-0.2, -0.15) is 0 Å². The molecule has 3 N–H and O–H groups in total. The normalized spacial score (nSPS) is 11.9. The SMILES string of the molecule is O=C(NC(CO)c1ccco1)c1ccc(C(=O)c2cc[nH]c2)cc1. The van der Waals surface area contributed by atoms with Crippen LogP contribution in [0.3, 0.4) is 0 Å². The molecular weight excluding hydrogens is 308 g/mol. The summed E-state index contributed by atoms with van der Waals surface area (Å²) in [6, 6.07) is 10.8. The van der Waals surface area contributed by atoms with Crippen molar-refractivity contribution in [3.8, 4) is 0 Å². The van der Waals surface area contributed by atoms with Crippen LogP contribution in [0.5, 0.6) is 0 Å². The van der Waals surface area contributed by atoms with Crippen LogP contribution in [0.25, 0.3) is 0 Å². The second-order valence-electron chi connectivity index (χ2n) is 5.23. The Balaban J connectivity index is 1.71. The minimum Gasteiger partial charge on any atom is -0.467 e. The van der Waals surface area contributed by atoms with Crippen molar-refractivity contribution in [2.24, 2.45) is 0 Å². The number of hydrogen-bond acceptors (Lipinski definition) is 4. The van der Waals surface area contributed by atoms with Gasteiger partial charge >= 0.3 is 0 Å². The highest BCUT2D eigenvalue weighted by Crippen LogP contribution is 2.15. The number of H-pyrrole nitrogens is 1. The predicted octanol–water partition coefficient (Wildman–Crippen LogP) is 2.30. The molecule has 0 aliphatic carbocycles.